The van der Waals surface area contributed by atoms with E-state index in [4.69, 9.17) is 9.47 Å². The third kappa shape index (κ3) is 7.38. The van der Waals surface area contributed by atoms with Crippen LogP contribution in [-0.2, 0) is 9.47 Å². The molecule has 0 radical (unpaired) electrons. The van der Waals surface area contributed by atoms with Gasteiger partial charge in [-0.15, -0.1) is 0 Å². The van der Waals surface area contributed by atoms with Gasteiger partial charge in [0, 0.05) is 6.61 Å². The molecule has 5 nitrogen and oxygen atoms in total. The fourth-order valence-electron chi connectivity index (χ4n) is 2.24. The Labute approximate surface area is 127 Å². The third-order valence-corrected chi connectivity index (χ3v) is 3.69. The molecule has 1 rings (SSSR count). The van der Waals surface area contributed by atoms with Gasteiger partial charge in [-0.25, -0.2) is 0 Å². The molecule has 1 fully saturated rings. The Kier molecular flexibility index (Phi) is 9.87. The number of allylic oxidation sites excluding steroid dienone is 2. The molecule has 0 aliphatic carbocycles. The van der Waals surface area contributed by atoms with Crippen molar-refractivity contribution >= 4 is 0 Å². The van der Waals surface area contributed by atoms with Crippen LogP contribution in [0.25, 0.3) is 0 Å². The van der Waals surface area contributed by atoms with E-state index in [1.54, 1.807) is 0 Å². The summed E-state index contributed by atoms with van der Waals surface area (Å²) in [7, 11) is 0. The molecule has 0 unspecified atom stereocenters. The highest BCUT2D eigenvalue weighted by atomic mass is 16.6. The Morgan fingerprint density at radius 1 is 1.05 bits per heavy atom. The summed E-state index contributed by atoms with van der Waals surface area (Å²) in [6.45, 7) is 3.10. The molecule has 1 saturated heterocycles. The number of unbranched alkanes of at least 4 members (excludes halogenated alkanes) is 4. The van der Waals surface area contributed by atoms with Crippen molar-refractivity contribution in [3.63, 3.8) is 0 Å². The van der Waals surface area contributed by atoms with Gasteiger partial charge in [-0.2, -0.15) is 0 Å². The molecule has 1 aliphatic rings. The zero-order chi connectivity index (χ0) is 15.5. The van der Waals surface area contributed by atoms with Crippen LogP contribution in [0.5, 0.6) is 0 Å². The van der Waals surface area contributed by atoms with Crippen LogP contribution in [0.3, 0.4) is 0 Å². The van der Waals surface area contributed by atoms with E-state index in [-0.39, 0.29) is 13.2 Å². The monoisotopic (exact) mass is 302 g/mol. The normalized spacial score (nSPS) is 30.1. The van der Waals surface area contributed by atoms with E-state index in [1.807, 2.05) is 0 Å². The molecule has 1 heterocycles. The van der Waals surface area contributed by atoms with Gasteiger partial charge < -0.3 is 24.8 Å². The maximum atomic E-state index is 9.73. The van der Waals surface area contributed by atoms with E-state index in [1.165, 1.54) is 12.8 Å². The van der Waals surface area contributed by atoms with E-state index >= 15 is 0 Å². The fourth-order valence-corrected chi connectivity index (χ4v) is 2.24. The van der Waals surface area contributed by atoms with Crippen molar-refractivity contribution < 1.29 is 24.8 Å². The summed E-state index contributed by atoms with van der Waals surface area (Å²) in [6, 6.07) is 0. The topological polar surface area (TPSA) is 79.2 Å². The number of ether oxygens (including phenoxy) is 2. The predicted octanol–water partition coefficient (Wildman–Crippen LogP) is 1.40. The maximum absolute atomic E-state index is 9.73. The molecule has 5 heteroatoms. The molecule has 0 aromatic rings. The first-order valence-corrected chi connectivity index (χ1v) is 8.05. The Morgan fingerprint density at radius 3 is 2.48 bits per heavy atom. The lowest BCUT2D eigenvalue weighted by atomic mass is 10.0. The van der Waals surface area contributed by atoms with Crippen LogP contribution in [0.4, 0.5) is 0 Å². The lowest BCUT2D eigenvalue weighted by Gasteiger charge is -2.35. The first-order valence-electron chi connectivity index (χ1n) is 8.05. The van der Waals surface area contributed by atoms with Gasteiger partial charge in [0.25, 0.3) is 0 Å². The van der Waals surface area contributed by atoms with E-state index in [2.05, 4.69) is 19.1 Å². The Hall–Kier alpha value is -0.460. The van der Waals surface area contributed by atoms with Crippen LogP contribution in [0.1, 0.15) is 45.4 Å². The smallest absolute Gasteiger partial charge is 0.111 e. The van der Waals surface area contributed by atoms with Crippen LogP contribution in [0.15, 0.2) is 12.2 Å². The molecule has 0 amide bonds. The van der Waals surface area contributed by atoms with Crippen molar-refractivity contribution in [3.8, 4) is 0 Å². The summed E-state index contributed by atoms with van der Waals surface area (Å²) in [6.07, 6.45) is 7.42. The maximum Gasteiger partial charge on any atom is 0.111 e. The molecule has 21 heavy (non-hydrogen) atoms. The Morgan fingerprint density at radius 2 is 1.76 bits per heavy atom. The summed E-state index contributed by atoms with van der Waals surface area (Å²) in [5.41, 5.74) is 0. The largest absolute Gasteiger partial charge is 0.388 e. The summed E-state index contributed by atoms with van der Waals surface area (Å²) >= 11 is 0. The molecule has 3 N–H and O–H groups in total. The van der Waals surface area contributed by atoms with Gasteiger partial charge in [0.15, 0.2) is 0 Å². The second-order valence-corrected chi connectivity index (χ2v) is 5.60. The molecule has 1 aliphatic heterocycles. The van der Waals surface area contributed by atoms with E-state index in [0.29, 0.717) is 6.61 Å². The van der Waals surface area contributed by atoms with Gasteiger partial charge in [0.2, 0.25) is 0 Å². The van der Waals surface area contributed by atoms with Crippen LogP contribution in [0, 0.1) is 0 Å². The lowest BCUT2D eigenvalue weighted by Crippen LogP contribution is -2.54. The minimum Gasteiger partial charge on any atom is -0.388 e. The lowest BCUT2D eigenvalue weighted by molar-refractivity contribution is -0.199. The van der Waals surface area contributed by atoms with Crippen molar-refractivity contribution in [2.45, 2.75) is 69.9 Å². The van der Waals surface area contributed by atoms with Crippen molar-refractivity contribution in [3.05, 3.63) is 12.2 Å². The predicted molar refractivity (Wildman–Crippen MR) is 81.1 cm³/mol. The highest BCUT2D eigenvalue weighted by molar-refractivity contribution is 4.86. The summed E-state index contributed by atoms with van der Waals surface area (Å²) < 4.78 is 10.7. The number of aliphatic hydroxyl groups is 3. The average Bonchev–Trinajstić information content (AvgIpc) is 2.49. The summed E-state index contributed by atoms with van der Waals surface area (Å²) in [4.78, 5) is 0. The van der Waals surface area contributed by atoms with Gasteiger partial charge in [0.1, 0.15) is 24.4 Å². The van der Waals surface area contributed by atoms with Crippen molar-refractivity contribution in [2.75, 3.05) is 19.8 Å². The van der Waals surface area contributed by atoms with Crippen LogP contribution < -0.4 is 0 Å². The number of rotatable bonds is 10. The minimum absolute atomic E-state index is 0.0365. The zero-order valence-corrected chi connectivity index (χ0v) is 13.0. The van der Waals surface area contributed by atoms with Gasteiger partial charge >= 0.3 is 0 Å². The van der Waals surface area contributed by atoms with Gasteiger partial charge in [-0.05, 0) is 25.7 Å². The van der Waals surface area contributed by atoms with Crippen molar-refractivity contribution in [1.29, 1.82) is 0 Å². The molecule has 124 valence electrons. The van der Waals surface area contributed by atoms with Crippen LogP contribution in [-0.4, -0.2) is 59.6 Å². The van der Waals surface area contributed by atoms with Crippen LogP contribution in [0.2, 0.25) is 0 Å². The van der Waals surface area contributed by atoms with Gasteiger partial charge in [0.05, 0.1) is 13.2 Å². The molecular formula is C16H30O5. The fraction of sp³-hybridized carbons (Fsp3) is 0.875. The standard InChI is InChI=1S/C16H30O5/c1-2-3-4-5-6-7-8-9-10-20-12-14-16(19)15(18)13(17)11-21-14/h5-6,13-19H,2-4,7-12H2,1H3/b6-5+/t13-,14+,15+,16+/m0/s1. The number of hydrogen-bond donors (Lipinski definition) is 3. The molecule has 0 aromatic heterocycles. The quantitative estimate of drug-likeness (QED) is 0.420. The summed E-state index contributed by atoms with van der Waals surface area (Å²) in [5, 5.41) is 28.6. The Balaban J connectivity index is 1.98. The second kappa shape index (κ2) is 11.2. The first kappa shape index (κ1) is 18.6. The highest BCUT2D eigenvalue weighted by Crippen LogP contribution is 2.16. The number of hydrogen-bond acceptors (Lipinski definition) is 5. The van der Waals surface area contributed by atoms with Crippen molar-refractivity contribution in [2.24, 2.45) is 0 Å². The molecule has 0 saturated carbocycles. The van der Waals surface area contributed by atoms with Crippen molar-refractivity contribution in [1.82, 2.24) is 0 Å². The minimum atomic E-state index is -1.15. The molecule has 0 aromatic carbocycles. The third-order valence-electron chi connectivity index (χ3n) is 3.69. The summed E-state index contributed by atoms with van der Waals surface area (Å²) in [5.74, 6) is 0. The molecule has 0 bridgehead atoms. The number of aliphatic hydroxyl groups excluding tert-OH is 3. The molecular weight excluding hydrogens is 272 g/mol. The first-order chi connectivity index (χ1) is 10.2. The van der Waals surface area contributed by atoms with E-state index in [0.717, 1.165) is 25.7 Å². The average molecular weight is 302 g/mol. The second-order valence-electron chi connectivity index (χ2n) is 5.60. The molecule has 0 spiro atoms. The Bertz CT molecular complexity index is 282. The van der Waals surface area contributed by atoms with Gasteiger partial charge in [-0.3, -0.25) is 0 Å². The zero-order valence-electron chi connectivity index (χ0n) is 13.0. The van der Waals surface area contributed by atoms with E-state index < -0.39 is 24.4 Å². The molecule has 4 atom stereocenters. The SMILES string of the molecule is CCCC/C=C/CCCCOC[C@H]1OC[C@H](O)[C@@H](O)[C@@H]1O. The van der Waals surface area contributed by atoms with E-state index in [9.17, 15) is 15.3 Å². The van der Waals surface area contributed by atoms with Gasteiger partial charge in [-0.1, -0.05) is 31.9 Å². The van der Waals surface area contributed by atoms with Crippen LogP contribution >= 0.6 is 0 Å². The highest BCUT2D eigenvalue weighted by Gasteiger charge is 2.37.